The number of nitrogens with zero attached hydrogens (tertiary/aromatic N) is 2. The number of aromatic amines is 1. The molecule has 0 aliphatic heterocycles. The number of esters is 1. The molecular formula is C24H23N3O4S2. The normalized spacial score (nSPS) is 13.4. The Hall–Kier alpha value is -2.91. The summed E-state index contributed by atoms with van der Waals surface area (Å²) in [5.74, 6) is 0.0119. The molecule has 1 aliphatic carbocycles. The number of fused-ring (bicyclic) bond motifs is 4. The van der Waals surface area contributed by atoms with Gasteiger partial charge in [0, 0.05) is 40.3 Å². The van der Waals surface area contributed by atoms with E-state index in [2.05, 4.69) is 4.98 Å². The maximum Gasteiger partial charge on any atom is 0.338 e. The van der Waals surface area contributed by atoms with Crippen LogP contribution in [-0.2, 0) is 30.4 Å². The van der Waals surface area contributed by atoms with Gasteiger partial charge in [-0.15, -0.1) is 11.3 Å². The molecule has 9 heteroatoms. The van der Waals surface area contributed by atoms with Crippen molar-refractivity contribution < 1.29 is 9.53 Å². The van der Waals surface area contributed by atoms with Crippen LogP contribution < -0.4 is 11.0 Å². The molecule has 0 atom stereocenters. The first-order chi connectivity index (χ1) is 16.0. The minimum Gasteiger partial charge on any atom is -0.462 e. The Morgan fingerprint density at radius 1 is 1.24 bits per heavy atom. The van der Waals surface area contributed by atoms with Gasteiger partial charge in [-0.3, -0.25) is 14.2 Å². The van der Waals surface area contributed by atoms with Crippen molar-refractivity contribution in [3.63, 3.8) is 0 Å². The quantitative estimate of drug-likeness (QED) is 0.261. The van der Waals surface area contributed by atoms with Crippen LogP contribution in [0, 0.1) is 0 Å². The SMILES string of the molecule is CCOC(=O)c1ccc2[nH]c(CSc3nc4sc5c(c4c(=O)n3C)CCCC5)cc(=O)c2c1. The summed E-state index contributed by atoms with van der Waals surface area (Å²) in [5, 5.41) is 1.84. The van der Waals surface area contributed by atoms with Gasteiger partial charge in [0.05, 0.1) is 17.6 Å². The van der Waals surface area contributed by atoms with E-state index in [-0.39, 0.29) is 17.6 Å². The number of benzene rings is 1. The highest BCUT2D eigenvalue weighted by molar-refractivity contribution is 7.98. The maximum absolute atomic E-state index is 13.1. The van der Waals surface area contributed by atoms with Crippen molar-refractivity contribution in [2.24, 2.45) is 7.05 Å². The topological polar surface area (TPSA) is 94.1 Å². The summed E-state index contributed by atoms with van der Waals surface area (Å²) >= 11 is 3.06. The number of H-pyrrole nitrogens is 1. The van der Waals surface area contributed by atoms with Crippen LogP contribution in [0.15, 0.2) is 39.0 Å². The van der Waals surface area contributed by atoms with Gasteiger partial charge in [0.2, 0.25) is 0 Å². The molecular weight excluding hydrogens is 458 g/mol. The fourth-order valence-electron chi connectivity index (χ4n) is 4.26. The largest absolute Gasteiger partial charge is 0.462 e. The van der Waals surface area contributed by atoms with Crippen LogP contribution in [0.5, 0.6) is 0 Å². The molecule has 5 rings (SSSR count). The number of nitrogens with one attached hydrogen (secondary N) is 1. The van der Waals surface area contributed by atoms with Crippen LogP contribution in [-0.4, -0.2) is 27.1 Å². The molecule has 3 aromatic heterocycles. The van der Waals surface area contributed by atoms with Gasteiger partial charge in [-0.1, -0.05) is 11.8 Å². The molecule has 1 aliphatic rings. The lowest BCUT2D eigenvalue weighted by atomic mass is 9.97. The number of pyridine rings is 1. The average Bonchev–Trinajstić information content (AvgIpc) is 3.19. The van der Waals surface area contributed by atoms with Gasteiger partial charge in [0.15, 0.2) is 10.6 Å². The van der Waals surface area contributed by atoms with Crippen molar-refractivity contribution in [2.75, 3.05) is 6.61 Å². The molecule has 0 amide bonds. The second-order valence-electron chi connectivity index (χ2n) is 8.08. The van der Waals surface area contributed by atoms with Crippen LogP contribution in [0.2, 0.25) is 0 Å². The second-order valence-corrected chi connectivity index (χ2v) is 10.1. The van der Waals surface area contributed by atoms with Gasteiger partial charge in [0.25, 0.3) is 5.56 Å². The summed E-state index contributed by atoms with van der Waals surface area (Å²) < 4.78 is 6.63. The zero-order valence-corrected chi connectivity index (χ0v) is 20.0. The lowest BCUT2D eigenvalue weighted by Gasteiger charge is -2.11. The summed E-state index contributed by atoms with van der Waals surface area (Å²) in [6.07, 6.45) is 4.26. The lowest BCUT2D eigenvalue weighted by Crippen LogP contribution is -2.20. The number of carbonyl (C=O) groups excluding carboxylic acids is 1. The Bertz CT molecular complexity index is 1520. The second kappa shape index (κ2) is 8.79. The van der Waals surface area contributed by atoms with E-state index in [0.29, 0.717) is 27.4 Å². The fraction of sp³-hybridized carbons (Fsp3) is 0.333. The molecule has 0 saturated carbocycles. The summed E-state index contributed by atoms with van der Waals surface area (Å²) in [6, 6.07) is 6.45. The van der Waals surface area contributed by atoms with Crippen LogP contribution in [0.1, 0.15) is 46.3 Å². The van der Waals surface area contributed by atoms with E-state index in [1.807, 2.05) is 0 Å². The Labute approximate surface area is 197 Å². The summed E-state index contributed by atoms with van der Waals surface area (Å²) in [7, 11) is 1.75. The molecule has 1 N–H and O–H groups in total. The maximum atomic E-state index is 13.1. The number of aromatic nitrogens is 3. The highest BCUT2D eigenvalue weighted by Crippen LogP contribution is 2.34. The Morgan fingerprint density at radius 2 is 2.06 bits per heavy atom. The van der Waals surface area contributed by atoms with E-state index in [9.17, 15) is 14.4 Å². The first kappa shape index (κ1) is 21.9. The summed E-state index contributed by atoms with van der Waals surface area (Å²) in [5.41, 5.74) is 2.74. The van der Waals surface area contributed by atoms with Crippen LogP contribution in [0.3, 0.4) is 0 Å². The first-order valence-electron chi connectivity index (χ1n) is 10.9. The zero-order valence-electron chi connectivity index (χ0n) is 18.4. The molecule has 170 valence electrons. The minimum atomic E-state index is -0.448. The van der Waals surface area contributed by atoms with Crippen LogP contribution in [0.25, 0.3) is 21.1 Å². The van der Waals surface area contributed by atoms with Crippen LogP contribution >= 0.6 is 23.1 Å². The van der Waals surface area contributed by atoms with Crippen molar-refractivity contribution >= 4 is 50.2 Å². The van der Waals surface area contributed by atoms with E-state index in [4.69, 9.17) is 9.72 Å². The third-order valence-corrected chi connectivity index (χ3v) is 8.17. The van der Waals surface area contributed by atoms with Crippen LogP contribution in [0.4, 0.5) is 0 Å². The van der Waals surface area contributed by atoms with Gasteiger partial charge in [0.1, 0.15) is 4.83 Å². The standard InChI is InChI=1S/C24H23N3O4S2/c1-3-31-23(30)13-8-9-17-16(10-13)18(28)11-14(25-17)12-32-24-26-21-20(22(29)27(24)2)15-6-4-5-7-19(15)33-21/h8-11H,3-7,12H2,1-2H3,(H,25,28). The molecule has 0 bridgehead atoms. The Kier molecular flexibility index (Phi) is 5.84. The van der Waals surface area contributed by atoms with E-state index in [0.717, 1.165) is 35.2 Å². The number of thiophene rings is 1. The molecule has 7 nitrogen and oxygen atoms in total. The molecule has 0 saturated heterocycles. The van der Waals surface area contributed by atoms with Gasteiger partial charge in [-0.2, -0.15) is 0 Å². The predicted octanol–water partition coefficient (Wildman–Crippen LogP) is 4.18. The van der Waals surface area contributed by atoms with E-state index in [1.165, 1.54) is 34.7 Å². The number of carbonyl (C=O) groups is 1. The Morgan fingerprint density at radius 3 is 2.88 bits per heavy atom. The zero-order chi connectivity index (χ0) is 23.1. The average molecular weight is 482 g/mol. The van der Waals surface area contributed by atoms with Crippen molar-refractivity contribution in [2.45, 2.75) is 43.5 Å². The highest BCUT2D eigenvalue weighted by atomic mass is 32.2. The fourth-order valence-corrected chi connectivity index (χ4v) is 6.44. The number of thioether (sulfide) groups is 1. The van der Waals surface area contributed by atoms with E-state index < -0.39 is 5.97 Å². The van der Waals surface area contributed by atoms with Crippen molar-refractivity contribution in [3.8, 4) is 0 Å². The summed E-state index contributed by atoms with van der Waals surface area (Å²) in [6.45, 7) is 2.02. The number of hydrogen-bond acceptors (Lipinski definition) is 7. The number of rotatable bonds is 5. The number of ether oxygens (including phenoxy) is 1. The molecule has 0 unspecified atom stereocenters. The number of hydrogen-bond donors (Lipinski definition) is 1. The monoisotopic (exact) mass is 481 g/mol. The minimum absolute atomic E-state index is 0.000370. The molecule has 33 heavy (non-hydrogen) atoms. The van der Waals surface area contributed by atoms with E-state index >= 15 is 0 Å². The molecule has 1 aromatic carbocycles. The smallest absolute Gasteiger partial charge is 0.338 e. The van der Waals surface area contributed by atoms with Crippen molar-refractivity contribution in [3.05, 3.63) is 66.5 Å². The Balaban J connectivity index is 1.44. The lowest BCUT2D eigenvalue weighted by molar-refractivity contribution is 0.0526. The number of aryl methyl sites for hydroxylation is 2. The van der Waals surface area contributed by atoms with E-state index in [1.54, 1.807) is 48.1 Å². The van der Waals surface area contributed by atoms with Crippen molar-refractivity contribution in [1.82, 2.24) is 14.5 Å². The van der Waals surface area contributed by atoms with Gasteiger partial charge in [-0.05, 0) is 56.4 Å². The molecule has 4 aromatic rings. The highest BCUT2D eigenvalue weighted by Gasteiger charge is 2.21. The van der Waals surface area contributed by atoms with Crippen molar-refractivity contribution in [1.29, 1.82) is 0 Å². The molecule has 0 radical (unpaired) electrons. The first-order valence-corrected chi connectivity index (χ1v) is 12.7. The third-order valence-electron chi connectivity index (χ3n) is 5.91. The molecule has 3 heterocycles. The predicted molar refractivity (Wildman–Crippen MR) is 132 cm³/mol. The molecule has 0 fully saturated rings. The summed E-state index contributed by atoms with van der Waals surface area (Å²) in [4.78, 5) is 47.9. The van der Waals surface area contributed by atoms with Gasteiger partial charge >= 0.3 is 5.97 Å². The van der Waals surface area contributed by atoms with Gasteiger partial charge < -0.3 is 9.72 Å². The molecule has 0 spiro atoms. The third kappa shape index (κ3) is 4.00. The van der Waals surface area contributed by atoms with Gasteiger partial charge in [-0.25, -0.2) is 9.78 Å².